The summed E-state index contributed by atoms with van der Waals surface area (Å²) in [5.41, 5.74) is 0.604. The van der Waals surface area contributed by atoms with E-state index in [1.54, 1.807) is 17.8 Å². The molecule has 1 amide bonds. The Morgan fingerprint density at radius 3 is 2.79 bits per heavy atom. The van der Waals surface area contributed by atoms with Gasteiger partial charge in [0.05, 0.1) is 16.7 Å². The molecule has 2 N–H and O–H groups in total. The third-order valence-corrected chi connectivity index (χ3v) is 4.80. The zero-order chi connectivity index (χ0) is 16.1. The lowest BCUT2D eigenvalue weighted by atomic mass is 10.2. The van der Waals surface area contributed by atoms with Crippen LogP contribution < -0.4 is 10.9 Å². The third-order valence-electron chi connectivity index (χ3n) is 3.83. The number of para-hydroxylation sites is 1. The fraction of sp³-hybridized carbons (Fsp3) is 0.438. The minimum absolute atomic E-state index is 0. The summed E-state index contributed by atoms with van der Waals surface area (Å²) in [7, 11) is 0. The van der Waals surface area contributed by atoms with Gasteiger partial charge in [0, 0.05) is 38.4 Å². The molecule has 8 heteroatoms. The summed E-state index contributed by atoms with van der Waals surface area (Å²) in [5.74, 6) is 2.21. The predicted molar refractivity (Wildman–Crippen MR) is 99.8 cm³/mol. The molecule has 130 valence electrons. The van der Waals surface area contributed by atoms with Crippen LogP contribution >= 0.6 is 24.2 Å². The van der Waals surface area contributed by atoms with Gasteiger partial charge in [0.15, 0.2) is 0 Å². The van der Waals surface area contributed by atoms with Gasteiger partial charge in [-0.1, -0.05) is 12.1 Å². The van der Waals surface area contributed by atoms with Gasteiger partial charge in [-0.05, 0) is 12.1 Å². The van der Waals surface area contributed by atoms with Gasteiger partial charge in [-0.2, -0.15) is 11.8 Å². The second-order valence-electron chi connectivity index (χ2n) is 5.46. The Morgan fingerprint density at radius 1 is 1.25 bits per heavy atom. The smallest absolute Gasteiger partial charge is 0.258 e. The van der Waals surface area contributed by atoms with Crippen LogP contribution in [0.3, 0.4) is 0 Å². The van der Waals surface area contributed by atoms with Gasteiger partial charge in [-0.15, -0.1) is 12.4 Å². The van der Waals surface area contributed by atoms with Crippen molar-refractivity contribution in [2.45, 2.75) is 12.2 Å². The lowest BCUT2D eigenvalue weighted by Gasteiger charge is -2.27. The molecule has 1 aliphatic heterocycles. The molecular weight excluding hydrogens is 348 g/mol. The largest absolute Gasteiger partial charge is 0.340 e. The molecule has 0 unspecified atom stereocenters. The summed E-state index contributed by atoms with van der Waals surface area (Å²) in [6, 6.07) is 7.31. The van der Waals surface area contributed by atoms with Crippen LogP contribution in [0.25, 0.3) is 10.9 Å². The highest BCUT2D eigenvalue weighted by atomic mass is 35.5. The second kappa shape index (κ2) is 9.05. The lowest BCUT2D eigenvalue weighted by Crippen LogP contribution is -2.46. The summed E-state index contributed by atoms with van der Waals surface area (Å²) in [4.78, 5) is 33.2. The molecule has 0 saturated carbocycles. The van der Waals surface area contributed by atoms with Crippen molar-refractivity contribution in [2.75, 3.05) is 31.9 Å². The van der Waals surface area contributed by atoms with Crippen molar-refractivity contribution in [3.05, 3.63) is 40.4 Å². The van der Waals surface area contributed by atoms with E-state index in [0.717, 1.165) is 31.9 Å². The molecule has 6 nitrogen and oxygen atoms in total. The van der Waals surface area contributed by atoms with Gasteiger partial charge >= 0.3 is 0 Å². The number of aromatic amines is 1. The number of halogens is 1. The number of amides is 1. The summed E-state index contributed by atoms with van der Waals surface area (Å²) in [6.07, 6.45) is 0.530. The molecule has 1 fully saturated rings. The zero-order valence-corrected chi connectivity index (χ0v) is 14.9. The maximum absolute atomic E-state index is 12.0. The number of carbonyl (C=O) groups excluding carboxylic acids is 1. The molecule has 24 heavy (non-hydrogen) atoms. The maximum atomic E-state index is 12.0. The van der Waals surface area contributed by atoms with E-state index in [9.17, 15) is 9.59 Å². The van der Waals surface area contributed by atoms with Gasteiger partial charge in [-0.25, -0.2) is 4.98 Å². The highest BCUT2D eigenvalue weighted by Gasteiger charge is 2.15. The Labute approximate surface area is 150 Å². The van der Waals surface area contributed by atoms with Crippen molar-refractivity contribution in [3.8, 4) is 0 Å². The van der Waals surface area contributed by atoms with Gasteiger partial charge in [0.25, 0.3) is 5.56 Å². The topological polar surface area (TPSA) is 78.1 Å². The molecule has 0 spiro atoms. The molecule has 2 aromatic rings. The van der Waals surface area contributed by atoms with Crippen LogP contribution in [0, 0.1) is 0 Å². The molecule has 1 saturated heterocycles. The van der Waals surface area contributed by atoms with Gasteiger partial charge in [0.2, 0.25) is 5.91 Å². The average molecular weight is 369 g/mol. The van der Waals surface area contributed by atoms with E-state index in [-0.39, 0.29) is 23.9 Å². The highest BCUT2D eigenvalue weighted by Crippen LogP contribution is 2.12. The Balaban J connectivity index is 0.00000208. The highest BCUT2D eigenvalue weighted by molar-refractivity contribution is 7.98. The first-order valence-corrected chi connectivity index (χ1v) is 8.94. The van der Waals surface area contributed by atoms with Crippen LogP contribution in [0.1, 0.15) is 12.2 Å². The first-order chi connectivity index (χ1) is 11.2. The van der Waals surface area contributed by atoms with E-state index in [4.69, 9.17) is 0 Å². The molecule has 1 aliphatic rings. The molecular formula is C16H21ClN4O2S. The predicted octanol–water partition coefficient (Wildman–Crippen LogP) is 1.40. The summed E-state index contributed by atoms with van der Waals surface area (Å²) >= 11 is 1.62. The number of thioether (sulfide) groups is 1. The number of nitrogens with one attached hydrogen (secondary N) is 2. The molecule has 0 bridgehead atoms. The lowest BCUT2D eigenvalue weighted by molar-refractivity contribution is -0.131. The minimum Gasteiger partial charge on any atom is -0.340 e. The second-order valence-corrected chi connectivity index (χ2v) is 6.57. The number of aromatic nitrogens is 2. The van der Waals surface area contributed by atoms with Crippen LogP contribution in [0.2, 0.25) is 0 Å². The van der Waals surface area contributed by atoms with Crippen molar-refractivity contribution < 1.29 is 4.79 Å². The molecule has 2 heterocycles. The number of carbonyl (C=O) groups is 1. The maximum Gasteiger partial charge on any atom is 0.258 e. The Bertz CT molecular complexity index is 746. The van der Waals surface area contributed by atoms with Crippen LogP contribution in [-0.4, -0.2) is 52.7 Å². The van der Waals surface area contributed by atoms with Gasteiger partial charge in [-0.3, -0.25) is 9.59 Å². The van der Waals surface area contributed by atoms with E-state index >= 15 is 0 Å². The Morgan fingerprint density at radius 2 is 2.00 bits per heavy atom. The minimum atomic E-state index is -0.108. The summed E-state index contributed by atoms with van der Waals surface area (Å²) in [5, 5.41) is 3.84. The van der Waals surface area contributed by atoms with Gasteiger partial charge < -0.3 is 15.2 Å². The van der Waals surface area contributed by atoms with Crippen LogP contribution in [-0.2, 0) is 10.5 Å². The molecule has 0 aliphatic carbocycles. The Kier molecular flexibility index (Phi) is 7.08. The number of nitrogens with zero attached hydrogens (tertiary/aromatic N) is 2. The average Bonchev–Trinajstić information content (AvgIpc) is 2.59. The normalized spacial score (nSPS) is 14.4. The third kappa shape index (κ3) is 4.72. The van der Waals surface area contributed by atoms with E-state index in [0.29, 0.717) is 28.9 Å². The fourth-order valence-electron chi connectivity index (χ4n) is 2.60. The number of fused-ring (bicyclic) bond motifs is 1. The molecule has 1 aromatic carbocycles. The molecule has 1 aromatic heterocycles. The number of piperazine rings is 1. The quantitative estimate of drug-likeness (QED) is 0.780. The first kappa shape index (κ1) is 18.8. The number of hydrogen-bond acceptors (Lipinski definition) is 5. The van der Waals surface area contributed by atoms with Crippen LogP contribution in [0.5, 0.6) is 0 Å². The van der Waals surface area contributed by atoms with Crippen molar-refractivity contribution in [1.82, 2.24) is 20.2 Å². The number of benzene rings is 1. The molecule has 3 rings (SSSR count). The SMILES string of the molecule is Cl.O=C(CCSCc1nc2ccccc2c(=O)[nH]1)N1CCNCC1. The van der Waals surface area contributed by atoms with Crippen LogP contribution in [0.4, 0.5) is 0 Å². The molecule has 0 radical (unpaired) electrons. The van der Waals surface area contributed by atoms with Crippen molar-refractivity contribution in [3.63, 3.8) is 0 Å². The first-order valence-electron chi connectivity index (χ1n) is 7.78. The number of hydrogen-bond donors (Lipinski definition) is 2. The fourth-order valence-corrected chi connectivity index (χ4v) is 3.40. The van der Waals surface area contributed by atoms with Crippen molar-refractivity contribution in [1.29, 1.82) is 0 Å². The zero-order valence-electron chi connectivity index (χ0n) is 13.3. The Hall–Kier alpha value is -1.57. The van der Waals surface area contributed by atoms with E-state index in [1.165, 1.54) is 0 Å². The summed E-state index contributed by atoms with van der Waals surface area (Å²) < 4.78 is 0. The van der Waals surface area contributed by atoms with Crippen molar-refractivity contribution in [2.24, 2.45) is 0 Å². The van der Waals surface area contributed by atoms with E-state index in [2.05, 4.69) is 15.3 Å². The van der Waals surface area contributed by atoms with Crippen LogP contribution in [0.15, 0.2) is 29.1 Å². The summed E-state index contributed by atoms with van der Waals surface area (Å²) in [6.45, 7) is 3.34. The van der Waals surface area contributed by atoms with Gasteiger partial charge in [0.1, 0.15) is 5.82 Å². The van der Waals surface area contributed by atoms with E-state index < -0.39 is 0 Å². The number of H-pyrrole nitrogens is 1. The monoisotopic (exact) mass is 368 g/mol. The molecule has 0 atom stereocenters. The van der Waals surface area contributed by atoms with Crippen molar-refractivity contribution >= 4 is 41.0 Å². The number of rotatable bonds is 5. The standard InChI is InChI=1S/C16H20N4O2S.ClH/c21-15(20-8-6-17-7-9-20)5-10-23-11-14-18-13-4-2-1-3-12(13)16(22)19-14;/h1-4,17H,5-11H2,(H,18,19,22);1H. The van der Waals surface area contributed by atoms with E-state index in [1.807, 2.05) is 23.1 Å².